The number of nitrogens with one attached hydrogen (secondary N) is 2. The quantitative estimate of drug-likeness (QED) is 0.460. The van der Waals surface area contributed by atoms with Crippen molar-refractivity contribution in [2.75, 3.05) is 17.7 Å². The van der Waals surface area contributed by atoms with E-state index in [2.05, 4.69) is 25.7 Å². The van der Waals surface area contributed by atoms with Crippen molar-refractivity contribution in [2.45, 2.75) is 45.5 Å². The molecule has 1 amide bonds. The van der Waals surface area contributed by atoms with Crippen molar-refractivity contribution in [1.29, 1.82) is 0 Å². The summed E-state index contributed by atoms with van der Waals surface area (Å²) in [4.78, 5) is 33.4. The highest BCUT2D eigenvalue weighted by atomic mass is 19.3. The Morgan fingerprint density at radius 2 is 2.09 bits per heavy atom. The van der Waals surface area contributed by atoms with Gasteiger partial charge in [0.1, 0.15) is 17.9 Å². The molecule has 0 aliphatic heterocycles. The third-order valence-corrected chi connectivity index (χ3v) is 5.08. The Morgan fingerprint density at radius 3 is 2.76 bits per heavy atom. The van der Waals surface area contributed by atoms with Crippen LogP contribution in [-0.2, 0) is 11.3 Å². The number of halogens is 2. The Kier molecular flexibility index (Phi) is 4.99. The summed E-state index contributed by atoms with van der Waals surface area (Å²) in [6.07, 6.45) is 4.77. The second kappa shape index (κ2) is 8.72. The molecule has 1 aliphatic carbocycles. The predicted octanol–water partition coefficient (Wildman–Crippen LogP) is 4.17. The predicted molar refractivity (Wildman–Crippen MR) is 118 cm³/mol. The Bertz CT molecular complexity index is 1320. The van der Waals surface area contributed by atoms with Crippen molar-refractivity contribution in [3.63, 3.8) is 0 Å². The summed E-state index contributed by atoms with van der Waals surface area (Å²) in [5.74, 6) is -3.76. The fourth-order valence-corrected chi connectivity index (χ4v) is 3.36. The third-order valence-electron chi connectivity index (χ3n) is 5.08. The number of methoxy groups -OCH3 is 1. The minimum atomic E-state index is -3.05. The molecule has 1 saturated carbocycles. The zero-order valence-electron chi connectivity index (χ0n) is 21.0. The molecule has 1 fully saturated rings. The number of rotatable bonds is 9. The zero-order valence-corrected chi connectivity index (χ0v) is 18.0. The van der Waals surface area contributed by atoms with Gasteiger partial charge in [0.15, 0.2) is 17.4 Å². The molecule has 3 aromatic rings. The van der Waals surface area contributed by atoms with Crippen LogP contribution < -0.4 is 15.4 Å². The van der Waals surface area contributed by atoms with E-state index in [1.807, 2.05) is 0 Å². The Labute approximate surface area is 192 Å². The van der Waals surface area contributed by atoms with E-state index in [1.165, 1.54) is 31.8 Å². The summed E-state index contributed by atoms with van der Waals surface area (Å²) in [6.45, 7) is -2.45. The fourth-order valence-electron chi connectivity index (χ4n) is 3.36. The highest BCUT2D eigenvalue weighted by Crippen LogP contribution is 2.36. The summed E-state index contributed by atoms with van der Waals surface area (Å²) in [5.41, 5.74) is 0.318. The van der Waals surface area contributed by atoms with Gasteiger partial charge < -0.3 is 15.4 Å². The molecule has 174 valence electrons. The first-order valence-corrected chi connectivity index (χ1v) is 10.2. The smallest absolute Gasteiger partial charge is 0.264 e. The standard InChI is InChI=1S/C22H24F2N6O3/c1-4-16(31)14-10-25-17(29-21(32)12-5-6-12)7-15(14)28-20-19(33-3)18-13(8-26-20)9-27-30(18)11-22(2,23)24/h7-10,12H,4-6,11H2,1-3H3,(H2,25,26,28,29,32)/i1D3. The topological polar surface area (TPSA) is 111 Å². The second-order valence-corrected chi connectivity index (χ2v) is 7.92. The molecule has 0 atom stereocenters. The summed E-state index contributed by atoms with van der Waals surface area (Å²) in [6, 6.07) is 1.38. The Hall–Kier alpha value is -3.63. The number of aromatic nitrogens is 4. The molecule has 0 bridgehead atoms. The van der Waals surface area contributed by atoms with Gasteiger partial charge in [0.05, 0.1) is 24.6 Å². The molecule has 9 nitrogen and oxygen atoms in total. The zero-order chi connectivity index (χ0) is 26.3. The SMILES string of the molecule is [2H]C([2H])([2H])CC(=O)c1cnc(NC(=O)C2CC2)cc1Nc1ncc2cnn(CC(C)(F)F)c2c1OC. The molecule has 0 saturated heterocycles. The molecule has 3 heterocycles. The number of hydrogen-bond donors (Lipinski definition) is 2. The highest BCUT2D eigenvalue weighted by Gasteiger charge is 2.30. The van der Waals surface area contributed by atoms with E-state index in [0.717, 1.165) is 24.4 Å². The lowest BCUT2D eigenvalue weighted by Crippen LogP contribution is -2.20. The summed E-state index contributed by atoms with van der Waals surface area (Å²) in [7, 11) is 1.33. The van der Waals surface area contributed by atoms with Crippen LogP contribution in [0, 0.1) is 5.92 Å². The van der Waals surface area contributed by atoms with Crippen LogP contribution in [0.1, 0.15) is 47.5 Å². The van der Waals surface area contributed by atoms with E-state index in [4.69, 9.17) is 8.85 Å². The lowest BCUT2D eigenvalue weighted by molar-refractivity contribution is -0.117. The van der Waals surface area contributed by atoms with Crippen LogP contribution in [0.4, 0.5) is 26.1 Å². The van der Waals surface area contributed by atoms with E-state index in [-0.39, 0.29) is 46.0 Å². The van der Waals surface area contributed by atoms with Gasteiger partial charge in [-0.25, -0.2) is 18.7 Å². The largest absolute Gasteiger partial charge is 0.491 e. The van der Waals surface area contributed by atoms with Crippen LogP contribution in [-0.4, -0.2) is 44.5 Å². The lowest BCUT2D eigenvalue weighted by atomic mass is 10.1. The number of nitrogens with zero attached hydrogens (tertiary/aromatic N) is 4. The molecular weight excluding hydrogens is 434 g/mol. The number of hydrogen-bond acceptors (Lipinski definition) is 7. The minimum Gasteiger partial charge on any atom is -0.491 e. The number of carbonyl (C=O) groups excluding carboxylic acids is 2. The maximum Gasteiger partial charge on any atom is 0.264 e. The molecule has 33 heavy (non-hydrogen) atoms. The van der Waals surface area contributed by atoms with Gasteiger partial charge in [-0.1, -0.05) is 6.85 Å². The van der Waals surface area contributed by atoms with Gasteiger partial charge in [0.25, 0.3) is 5.92 Å². The van der Waals surface area contributed by atoms with Crippen molar-refractivity contribution in [1.82, 2.24) is 19.7 Å². The van der Waals surface area contributed by atoms with Crippen molar-refractivity contribution < 1.29 is 27.2 Å². The number of carbonyl (C=O) groups is 2. The lowest BCUT2D eigenvalue weighted by Gasteiger charge is -2.16. The molecule has 0 unspecified atom stereocenters. The van der Waals surface area contributed by atoms with Crippen LogP contribution >= 0.6 is 0 Å². The molecule has 1 aliphatic rings. The molecule has 0 aromatic carbocycles. The fraction of sp³-hybridized carbons (Fsp3) is 0.409. The van der Waals surface area contributed by atoms with Crippen molar-refractivity contribution in [2.24, 2.45) is 5.92 Å². The Morgan fingerprint density at radius 1 is 1.30 bits per heavy atom. The van der Waals surface area contributed by atoms with E-state index >= 15 is 0 Å². The molecule has 11 heteroatoms. The van der Waals surface area contributed by atoms with Gasteiger partial charge in [0.2, 0.25) is 5.91 Å². The number of anilines is 3. The first-order chi connectivity index (χ1) is 16.8. The number of Topliss-reactive ketones (excluding diaryl/α,β-unsaturated/α-hetero) is 1. The van der Waals surface area contributed by atoms with E-state index in [9.17, 15) is 18.4 Å². The molecule has 2 N–H and O–H groups in total. The number of pyridine rings is 2. The van der Waals surface area contributed by atoms with Gasteiger partial charge in [-0.2, -0.15) is 5.10 Å². The summed E-state index contributed by atoms with van der Waals surface area (Å²) >= 11 is 0. The molecule has 0 spiro atoms. The monoisotopic (exact) mass is 461 g/mol. The van der Waals surface area contributed by atoms with Crippen LogP contribution in [0.15, 0.2) is 24.7 Å². The summed E-state index contributed by atoms with van der Waals surface area (Å²) < 4.78 is 56.3. The second-order valence-electron chi connectivity index (χ2n) is 7.92. The van der Waals surface area contributed by atoms with Crippen molar-refractivity contribution in [3.8, 4) is 5.75 Å². The number of fused-ring (bicyclic) bond motifs is 1. The van der Waals surface area contributed by atoms with E-state index < -0.39 is 31.5 Å². The molecule has 3 aromatic heterocycles. The molecular formula is C22H24F2N6O3. The average molecular weight is 461 g/mol. The van der Waals surface area contributed by atoms with Gasteiger partial charge in [-0.15, -0.1) is 0 Å². The summed E-state index contributed by atoms with van der Waals surface area (Å²) in [5, 5.41) is 10.1. The third kappa shape index (κ3) is 4.91. The maximum absolute atomic E-state index is 13.7. The first-order valence-electron chi connectivity index (χ1n) is 11.7. The van der Waals surface area contributed by atoms with Gasteiger partial charge in [-0.05, 0) is 12.8 Å². The Balaban J connectivity index is 1.75. The van der Waals surface area contributed by atoms with Crippen LogP contribution in [0.3, 0.4) is 0 Å². The maximum atomic E-state index is 13.7. The van der Waals surface area contributed by atoms with Gasteiger partial charge in [-0.3, -0.25) is 14.3 Å². The van der Waals surface area contributed by atoms with Crippen molar-refractivity contribution >= 4 is 39.9 Å². The number of ether oxygens (including phenoxy) is 1. The van der Waals surface area contributed by atoms with Crippen LogP contribution in [0.5, 0.6) is 5.75 Å². The van der Waals surface area contributed by atoms with Crippen LogP contribution in [0.25, 0.3) is 10.9 Å². The normalized spacial score (nSPS) is 15.5. The number of alkyl halides is 2. The van der Waals surface area contributed by atoms with Crippen LogP contribution in [0.2, 0.25) is 0 Å². The van der Waals surface area contributed by atoms with Crippen molar-refractivity contribution in [3.05, 3.63) is 30.2 Å². The van der Waals surface area contributed by atoms with Gasteiger partial charge in [0, 0.05) is 47.2 Å². The van der Waals surface area contributed by atoms with E-state index in [1.54, 1.807) is 0 Å². The number of amides is 1. The van der Waals surface area contributed by atoms with E-state index in [0.29, 0.717) is 5.39 Å². The minimum absolute atomic E-state index is 0.0481. The number of ketones is 1. The highest BCUT2D eigenvalue weighted by molar-refractivity contribution is 6.03. The average Bonchev–Trinajstić information content (AvgIpc) is 3.54. The first kappa shape index (κ1) is 18.9. The van der Waals surface area contributed by atoms with Gasteiger partial charge >= 0.3 is 0 Å². The molecule has 0 radical (unpaired) electrons. The molecule has 4 rings (SSSR count).